The third-order valence-corrected chi connectivity index (χ3v) is 3.25. The highest BCUT2D eigenvalue weighted by Gasteiger charge is 2.17. The zero-order chi connectivity index (χ0) is 12.7. The van der Waals surface area contributed by atoms with Gasteiger partial charge in [0.2, 0.25) is 5.24 Å². The van der Waals surface area contributed by atoms with Crippen LogP contribution < -0.4 is 0 Å². The van der Waals surface area contributed by atoms with E-state index in [2.05, 4.69) is 26.0 Å². The van der Waals surface area contributed by atoms with Gasteiger partial charge in [-0.15, -0.1) is 0 Å². The molecule has 0 aliphatic rings. The summed E-state index contributed by atoms with van der Waals surface area (Å²) in [5.41, 5.74) is 1.33. The SMILES string of the molecule is CC(C)CC(CCCc1ccccc1)C(=O)Cl. The lowest BCUT2D eigenvalue weighted by Crippen LogP contribution is -2.12. The molecule has 0 aliphatic carbocycles. The Bertz CT molecular complexity index is 332. The molecule has 0 fully saturated rings. The Kier molecular flexibility index (Phi) is 6.28. The van der Waals surface area contributed by atoms with Gasteiger partial charge in [-0.1, -0.05) is 44.2 Å². The van der Waals surface area contributed by atoms with Gasteiger partial charge in [0.1, 0.15) is 0 Å². The van der Waals surface area contributed by atoms with E-state index in [0.29, 0.717) is 5.92 Å². The Morgan fingerprint density at radius 3 is 2.41 bits per heavy atom. The van der Waals surface area contributed by atoms with Crippen LogP contribution in [0.5, 0.6) is 0 Å². The molecule has 0 saturated carbocycles. The second kappa shape index (κ2) is 7.50. The van der Waals surface area contributed by atoms with E-state index < -0.39 is 0 Å². The molecule has 1 unspecified atom stereocenters. The quantitative estimate of drug-likeness (QED) is 0.656. The summed E-state index contributed by atoms with van der Waals surface area (Å²) in [4.78, 5) is 11.3. The second-order valence-electron chi connectivity index (χ2n) is 5.01. The van der Waals surface area contributed by atoms with E-state index in [1.54, 1.807) is 0 Å². The highest BCUT2D eigenvalue weighted by molar-refractivity contribution is 6.63. The molecular weight excluding hydrogens is 232 g/mol. The largest absolute Gasteiger partial charge is 0.281 e. The molecule has 1 aromatic carbocycles. The molecule has 0 aromatic heterocycles. The first-order chi connectivity index (χ1) is 8.09. The fraction of sp³-hybridized carbons (Fsp3) is 0.533. The maximum Gasteiger partial charge on any atom is 0.224 e. The first-order valence-electron chi connectivity index (χ1n) is 6.33. The lowest BCUT2D eigenvalue weighted by atomic mass is 9.92. The summed E-state index contributed by atoms with van der Waals surface area (Å²) < 4.78 is 0. The van der Waals surface area contributed by atoms with Crippen molar-refractivity contribution in [3.05, 3.63) is 35.9 Å². The van der Waals surface area contributed by atoms with Crippen LogP contribution in [-0.4, -0.2) is 5.24 Å². The molecule has 1 atom stereocenters. The van der Waals surface area contributed by atoms with E-state index in [0.717, 1.165) is 25.7 Å². The minimum atomic E-state index is -0.174. The fourth-order valence-electron chi connectivity index (χ4n) is 2.09. The number of carbonyl (C=O) groups is 1. The molecule has 1 nitrogen and oxygen atoms in total. The highest BCUT2D eigenvalue weighted by atomic mass is 35.5. The van der Waals surface area contributed by atoms with Gasteiger partial charge in [-0.25, -0.2) is 0 Å². The van der Waals surface area contributed by atoms with Gasteiger partial charge in [0.25, 0.3) is 0 Å². The third-order valence-electron chi connectivity index (χ3n) is 2.94. The Labute approximate surface area is 109 Å². The summed E-state index contributed by atoms with van der Waals surface area (Å²) in [7, 11) is 0. The van der Waals surface area contributed by atoms with Crippen LogP contribution in [0.3, 0.4) is 0 Å². The average Bonchev–Trinajstić information content (AvgIpc) is 2.28. The van der Waals surface area contributed by atoms with Crippen LogP contribution in [0.1, 0.15) is 38.7 Å². The predicted molar refractivity (Wildman–Crippen MR) is 73.2 cm³/mol. The van der Waals surface area contributed by atoms with Crippen LogP contribution in [0.2, 0.25) is 0 Å². The number of carbonyl (C=O) groups excluding carboxylic acids is 1. The van der Waals surface area contributed by atoms with Crippen molar-refractivity contribution in [1.82, 2.24) is 0 Å². The molecule has 94 valence electrons. The van der Waals surface area contributed by atoms with E-state index in [-0.39, 0.29) is 11.2 Å². The predicted octanol–water partition coefficient (Wildman–Crippen LogP) is 4.44. The summed E-state index contributed by atoms with van der Waals surface area (Å²) in [6, 6.07) is 10.4. The third kappa shape index (κ3) is 5.88. The van der Waals surface area contributed by atoms with Crippen molar-refractivity contribution >= 4 is 16.8 Å². The van der Waals surface area contributed by atoms with Crippen LogP contribution in [-0.2, 0) is 11.2 Å². The molecule has 0 radical (unpaired) electrons. The van der Waals surface area contributed by atoms with E-state index >= 15 is 0 Å². The molecule has 0 aliphatic heterocycles. The van der Waals surface area contributed by atoms with Crippen LogP contribution in [0.25, 0.3) is 0 Å². The Balaban J connectivity index is 2.35. The van der Waals surface area contributed by atoms with Gasteiger partial charge >= 0.3 is 0 Å². The maximum absolute atomic E-state index is 11.3. The zero-order valence-electron chi connectivity index (χ0n) is 10.7. The molecule has 0 saturated heterocycles. The van der Waals surface area contributed by atoms with E-state index in [1.165, 1.54) is 5.56 Å². The Morgan fingerprint density at radius 2 is 1.88 bits per heavy atom. The van der Waals surface area contributed by atoms with Gasteiger partial charge in [-0.05, 0) is 48.8 Å². The summed E-state index contributed by atoms with van der Waals surface area (Å²) in [6.07, 6.45) is 3.85. The minimum Gasteiger partial charge on any atom is -0.281 e. The molecule has 2 heteroatoms. The van der Waals surface area contributed by atoms with Crippen LogP contribution in [0, 0.1) is 11.8 Å². The molecule has 0 spiro atoms. The van der Waals surface area contributed by atoms with Gasteiger partial charge in [0.15, 0.2) is 0 Å². The van der Waals surface area contributed by atoms with Crippen molar-refractivity contribution in [2.24, 2.45) is 11.8 Å². The number of benzene rings is 1. The van der Waals surface area contributed by atoms with Gasteiger partial charge in [0.05, 0.1) is 0 Å². The molecule has 0 N–H and O–H groups in total. The number of hydrogen-bond acceptors (Lipinski definition) is 1. The van der Waals surface area contributed by atoms with Crippen LogP contribution in [0.4, 0.5) is 0 Å². The summed E-state index contributed by atoms with van der Waals surface area (Å²) in [5, 5.41) is -0.174. The van der Waals surface area contributed by atoms with Gasteiger partial charge in [-0.3, -0.25) is 4.79 Å². The normalized spacial score (nSPS) is 12.7. The Hall–Kier alpha value is -0.820. The second-order valence-corrected chi connectivity index (χ2v) is 5.38. The van der Waals surface area contributed by atoms with Gasteiger partial charge in [0, 0.05) is 5.92 Å². The first-order valence-corrected chi connectivity index (χ1v) is 6.70. The van der Waals surface area contributed by atoms with E-state index in [9.17, 15) is 4.79 Å². The number of halogens is 1. The molecule has 0 heterocycles. The summed E-state index contributed by atoms with van der Waals surface area (Å²) >= 11 is 5.63. The monoisotopic (exact) mass is 252 g/mol. The van der Waals surface area contributed by atoms with Crippen LogP contribution in [0.15, 0.2) is 30.3 Å². The summed E-state index contributed by atoms with van der Waals surface area (Å²) in [6.45, 7) is 4.26. The fourth-order valence-corrected chi connectivity index (χ4v) is 2.29. The van der Waals surface area contributed by atoms with Crippen molar-refractivity contribution in [3.63, 3.8) is 0 Å². The van der Waals surface area contributed by atoms with E-state index in [4.69, 9.17) is 11.6 Å². The molecule has 0 bridgehead atoms. The topological polar surface area (TPSA) is 17.1 Å². The first kappa shape index (κ1) is 14.2. The van der Waals surface area contributed by atoms with Gasteiger partial charge < -0.3 is 0 Å². The maximum atomic E-state index is 11.3. The molecular formula is C15H21ClO. The van der Waals surface area contributed by atoms with Gasteiger partial charge in [-0.2, -0.15) is 0 Å². The number of aryl methyl sites for hydroxylation is 1. The lowest BCUT2D eigenvalue weighted by molar-refractivity contribution is -0.115. The molecule has 17 heavy (non-hydrogen) atoms. The standard InChI is InChI=1S/C15H21ClO/c1-12(2)11-14(15(16)17)10-6-9-13-7-4-3-5-8-13/h3-5,7-8,12,14H,6,9-11H2,1-2H3. The smallest absolute Gasteiger partial charge is 0.224 e. The van der Waals surface area contributed by atoms with E-state index in [1.807, 2.05) is 18.2 Å². The minimum absolute atomic E-state index is 0.0281. The molecule has 0 amide bonds. The average molecular weight is 253 g/mol. The Morgan fingerprint density at radius 1 is 1.24 bits per heavy atom. The highest BCUT2D eigenvalue weighted by Crippen LogP contribution is 2.21. The van der Waals surface area contributed by atoms with Crippen molar-refractivity contribution in [2.75, 3.05) is 0 Å². The zero-order valence-corrected chi connectivity index (χ0v) is 11.4. The molecule has 1 aromatic rings. The number of rotatable bonds is 7. The van der Waals surface area contributed by atoms with Crippen molar-refractivity contribution in [3.8, 4) is 0 Å². The van der Waals surface area contributed by atoms with Crippen molar-refractivity contribution in [1.29, 1.82) is 0 Å². The lowest BCUT2D eigenvalue weighted by Gasteiger charge is -2.14. The van der Waals surface area contributed by atoms with Crippen molar-refractivity contribution in [2.45, 2.75) is 39.5 Å². The van der Waals surface area contributed by atoms with Crippen LogP contribution >= 0.6 is 11.6 Å². The molecule has 1 rings (SSSR count). The van der Waals surface area contributed by atoms with Crippen molar-refractivity contribution < 1.29 is 4.79 Å². The summed E-state index contributed by atoms with van der Waals surface area (Å²) in [5.74, 6) is 0.555. The number of hydrogen-bond donors (Lipinski definition) is 0.